The molecule has 2 aliphatic rings. The van der Waals surface area contributed by atoms with Gasteiger partial charge in [0.1, 0.15) is 11.9 Å². The maximum atomic E-state index is 8.94. The van der Waals surface area contributed by atoms with Crippen LogP contribution in [0.15, 0.2) is 24.3 Å². The topological polar surface area (TPSA) is 47.9 Å². The van der Waals surface area contributed by atoms with Crippen molar-refractivity contribution in [2.24, 2.45) is 0 Å². The van der Waals surface area contributed by atoms with Crippen LogP contribution in [0.5, 0.6) is 5.75 Å². The van der Waals surface area contributed by atoms with Crippen LogP contribution < -0.4 is 4.74 Å². The van der Waals surface area contributed by atoms with Gasteiger partial charge in [-0.1, -0.05) is 12.1 Å². The largest absolute Gasteiger partial charge is 0.490 e. The van der Waals surface area contributed by atoms with E-state index in [1.54, 1.807) is 0 Å². The van der Waals surface area contributed by atoms with Gasteiger partial charge in [-0.3, -0.25) is 0 Å². The Hall–Kier alpha value is -1.10. The van der Waals surface area contributed by atoms with Crippen LogP contribution in [0.1, 0.15) is 31.2 Å². The fourth-order valence-electron chi connectivity index (χ4n) is 3.23. The van der Waals surface area contributed by atoms with E-state index >= 15 is 0 Å². The molecule has 0 saturated carbocycles. The molecule has 1 atom stereocenters. The lowest BCUT2D eigenvalue weighted by Crippen LogP contribution is -2.47. The van der Waals surface area contributed by atoms with Crippen molar-refractivity contribution in [2.75, 3.05) is 26.4 Å². The van der Waals surface area contributed by atoms with E-state index in [0.29, 0.717) is 6.42 Å². The van der Waals surface area contributed by atoms with Crippen molar-refractivity contribution >= 4 is 0 Å². The predicted octanol–water partition coefficient (Wildman–Crippen LogP) is 2.33. The average molecular weight is 292 g/mol. The van der Waals surface area contributed by atoms with Crippen LogP contribution in [0.2, 0.25) is 0 Å². The zero-order valence-electron chi connectivity index (χ0n) is 12.4. The van der Waals surface area contributed by atoms with Gasteiger partial charge in [0, 0.05) is 32.7 Å². The summed E-state index contributed by atoms with van der Waals surface area (Å²) in [6.07, 6.45) is 4.77. The molecule has 116 valence electrons. The molecule has 1 unspecified atom stereocenters. The molecule has 21 heavy (non-hydrogen) atoms. The van der Waals surface area contributed by atoms with Crippen molar-refractivity contribution in [3.05, 3.63) is 29.8 Å². The van der Waals surface area contributed by atoms with Gasteiger partial charge in [-0.2, -0.15) is 0 Å². The summed E-state index contributed by atoms with van der Waals surface area (Å²) in [7, 11) is 0. The van der Waals surface area contributed by atoms with E-state index in [9.17, 15) is 0 Å². The fourth-order valence-corrected chi connectivity index (χ4v) is 3.23. The molecule has 2 saturated heterocycles. The highest BCUT2D eigenvalue weighted by Crippen LogP contribution is 2.35. The first-order valence-corrected chi connectivity index (χ1v) is 7.88. The van der Waals surface area contributed by atoms with E-state index in [2.05, 4.69) is 0 Å². The molecule has 1 N–H and O–H groups in total. The summed E-state index contributed by atoms with van der Waals surface area (Å²) in [6.45, 7) is 2.54. The van der Waals surface area contributed by atoms with Crippen LogP contribution in [0.4, 0.5) is 0 Å². The Morgan fingerprint density at radius 2 is 1.90 bits per heavy atom. The fraction of sp³-hybridized carbons (Fsp3) is 0.647. The van der Waals surface area contributed by atoms with Crippen LogP contribution in [0.25, 0.3) is 0 Å². The van der Waals surface area contributed by atoms with Crippen LogP contribution in [0.3, 0.4) is 0 Å². The number of rotatable bonds is 4. The third kappa shape index (κ3) is 3.76. The van der Waals surface area contributed by atoms with Gasteiger partial charge in [0.2, 0.25) is 0 Å². The van der Waals surface area contributed by atoms with E-state index in [1.807, 2.05) is 24.3 Å². The zero-order valence-corrected chi connectivity index (χ0v) is 12.4. The molecule has 1 spiro atoms. The summed E-state index contributed by atoms with van der Waals surface area (Å²) in [4.78, 5) is 0. The molecule has 0 bridgehead atoms. The third-order valence-electron chi connectivity index (χ3n) is 4.48. The van der Waals surface area contributed by atoms with Crippen LogP contribution in [-0.2, 0) is 15.9 Å². The van der Waals surface area contributed by atoms with Crippen LogP contribution in [0, 0.1) is 0 Å². The summed E-state index contributed by atoms with van der Waals surface area (Å²) in [6, 6.07) is 8.04. The number of aliphatic hydroxyl groups is 1. The quantitative estimate of drug-likeness (QED) is 0.925. The highest BCUT2D eigenvalue weighted by atomic mass is 16.5. The Kier molecular flexibility index (Phi) is 4.78. The molecule has 0 aliphatic carbocycles. The SMILES string of the molecule is OCCc1ccc(OC2CCOC3(CCOCC3)C2)cc1. The molecule has 0 aromatic heterocycles. The zero-order chi connectivity index (χ0) is 14.5. The molecular formula is C17H24O4. The van der Waals surface area contributed by atoms with Gasteiger partial charge >= 0.3 is 0 Å². The summed E-state index contributed by atoms with van der Waals surface area (Å²) in [5, 5.41) is 8.94. The average Bonchev–Trinajstić information content (AvgIpc) is 2.50. The second-order valence-electron chi connectivity index (χ2n) is 5.99. The molecule has 1 aromatic rings. The number of aliphatic hydroxyl groups excluding tert-OH is 1. The normalized spacial score (nSPS) is 24.9. The van der Waals surface area contributed by atoms with Crippen molar-refractivity contribution < 1.29 is 19.3 Å². The maximum Gasteiger partial charge on any atom is 0.119 e. The second-order valence-corrected chi connectivity index (χ2v) is 5.99. The Bertz CT molecular complexity index is 431. The van der Waals surface area contributed by atoms with Gasteiger partial charge in [-0.05, 0) is 37.0 Å². The Labute approximate surface area is 126 Å². The Morgan fingerprint density at radius 1 is 1.14 bits per heavy atom. The molecule has 0 radical (unpaired) electrons. The first-order valence-electron chi connectivity index (χ1n) is 7.88. The number of hydrogen-bond acceptors (Lipinski definition) is 4. The monoisotopic (exact) mass is 292 g/mol. The van der Waals surface area contributed by atoms with Gasteiger partial charge in [0.05, 0.1) is 12.2 Å². The summed E-state index contributed by atoms with van der Waals surface area (Å²) >= 11 is 0. The highest BCUT2D eigenvalue weighted by Gasteiger charge is 2.39. The molecular weight excluding hydrogens is 268 g/mol. The maximum absolute atomic E-state index is 8.94. The Balaban J connectivity index is 1.59. The molecule has 2 heterocycles. The summed E-state index contributed by atoms with van der Waals surface area (Å²) < 4.78 is 17.6. The summed E-state index contributed by atoms with van der Waals surface area (Å²) in [5.74, 6) is 0.908. The number of hydrogen-bond donors (Lipinski definition) is 1. The van der Waals surface area contributed by atoms with E-state index in [1.165, 1.54) is 0 Å². The van der Waals surface area contributed by atoms with Gasteiger partial charge in [-0.25, -0.2) is 0 Å². The van der Waals surface area contributed by atoms with Crippen molar-refractivity contribution in [3.63, 3.8) is 0 Å². The van der Waals surface area contributed by atoms with Crippen LogP contribution >= 0.6 is 0 Å². The van der Waals surface area contributed by atoms with Crippen molar-refractivity contribution in [2.45, 2.75) is 43.8 Å². The molecule has 2 fully saturated rings. The van der Waals surface area contributed by atoms with E-state index in [0.717, 1.165) is 56.8 Å². The first kappa shape index (κ1) is 14.8. The smallest absolute Gasteiger partial charge is 0.119 e. The molecule has 1 aromatic carbocycles. The third-order valence-corrected chi connectivity index (χ3v) is 4.48. The van der Waals surface area contributed by atoms with Crippen molar-refractivity contribution in [1.82, 2.24) is 0 Å². The van der Waals surface area contributed by atoms with Crippen molar-refractivity contribution in [1.29, 1.82) is 0 Å². The minimum atomic E-state index is -0.0298. The summed E-state index contributed by atoms with van der Waals surface area (Å²) in [5.41, 5.74) is 1.11. The minimum absolute atomic E-state index is 0.0298. The number of benzene rings is 1. The molecule has 2 aliphatic heterocycles. The van der Waals surface area contributed by atoms with Crippen LogP contribution in [-0.4, -0.2) is 43.2 Å². The highest BCUT2D eigenvalue weighted by molar-refractivity contribution is 5.27. The Morgan fingerprint density at radius 3 is 2.62 bits per heavy atom. The first-order chi connectivity index (χ1) is 10.3. The van der Waals surface area contributed by atoms with Gasteiger partial charge in [0.25, 0.3) is 0 Å². The molecule has 4 nitrogen and oxygen atoms in total. The lowest BCUT2D eigenvalue weighted by molar-refractivity contribution is -0.155. The molecule has 0 amide bonds. The van der Waals surface area contributed by atoms with Crippen molar-refractivity contribution in [3.8, 4) is 5.75 Å². The lowest BCUT2D eigenvalue weighted by atomic mass is 9.85. The van der Waals surface area contributed by atoms with E-state index in [4.69, 9.17) is 19.3 Å². The second kappa shape index (κ2) is 6.77. The minimum Gasteiger partial charge on any atom is -0.490 e. The molecule has 3 rings (SSSR count). The predicted molar refractivity (Wildman–Crippen MR) is 79.6 cm³/mol. The van der Waals surface area contributed by atoms with E-state index in [-0.39, 0.29) is 18.3 Å². The van der Waals surface area contributed by atoms with Gasteiger partial charge < -0.3 is 19.3 Å². The van der Waals surface area contributed by atoms with E-state index < -0.39 is 0 Å². The number of ether oxygens (including phenoxy) is 3. The lowest BCUT2D eigenvalue weighted by Gasteiger charge is -2.43. The van der Waals surface area contributed by atoms with Gasteiger partial charge in [0.15, 0.2) is 0 Å². The standard InChI is InChI=1S/C17H24O4/c18-9-5-14-1-3-15(4-2-14)21-16-6-10-20-17(13-16)7-11-19-12-8-17/h1-4,16,18H,5-13H2. The van der Waals surface area contributed by atoms with Gasteiger partial charge in [-0.15, -0.1) is 0 Å². The molecule has 4 heteroatoms.